The maximum atomic E-state index is 5.45. The number of benzene rings is 1. The molecule has 3 N–H and O–H groups in total. The first-order valence-electron chi connectivity index (χ1n) is 4.45. The van der Waals surface area contributed by atoms with E-state index in [0.717, 1.165) is 11.5 Å². The summed E-state index contributed by atoms with van der Waals surface area (Å²) in [7, 11) is 0. The number of nitrogens with two attached hydrogens (primary N) is 1. The van der Waals surface area contributed by atoms with E-state index in [9.17, 15) is 0 Å². The SMILES string of the molecule is C/C(COc1ccccc1)=N\NC(N)=S. The first kappa shape index (κ1) is 11.5. The molecule has 4 nitrogen and oxygen atoms in total. The van der Waals surface area contributed by atoms with Gasteiger partial charge in [-0.25, -0.2) is 0 Å². The van der Waals surface area contributed by atoms with Crippen molar-refractivity contribution in [3.63, 3.8) is 0 Å². The van der Waals surface area contributed by atoms with Gasteiger partial charge < -0.3 is 10.5 Å². The number of hydrazone groups is 1. The highest BCUT2D eigenvalue weighted by molar-refractivity contribution is 7.80. The minimum Gasteiger partial charge on any atom is -0.488 e. The molecule has 0 radical (unpaired) electrons. The van der Waals surface area contributed by atoms with Crippen LogP contribution in [-0.2, 0) is 0 Å². The average Bonchev–Trinajstić information content (AvgIpc) is 2.25. The summed E-state index contributed by atoms with van der Waals surface area (Å²) in [5, 5.41) is 4.06. The van der Waals surface area contributed by atoms with E-state index in [1.807, 2.05) is 37.3 Å². The molecule has 0 bridgehead atoms. The van der Waals surface area contributed by atoms with Crippen molar-refractivity contribution in [1.82, 2.24) is 5.43 Å². The molecular formula is C10H13N3OS. The summed E-state index contributed by atoms with van der Waals surface area (Å²) in [5.74, 6) is 0.808. The lowest BCUT2D eigenvalue weighted by atomic mass is 10.3. The van der Waals surface area contributed by atoms with Crippen molar-refractivity contribution in [1.29, 1.82) is 0 Å². The number of para-hydroxylation sites is 1. The molecular weight excluding hydrogens is 210 g/mol. The molecule has 1 aromatic carbocycles. The van der Waals surface area contributed by atoms with E-state index in [0.29, 0.717) is 6.61 Å². The first-order chi connectivity index (χ1) is 7.18. The summed E-state index contributed by atoms with van der Waals surface area (Å²) in [6.07, 6.45) is 0. The van der Waals surface area contributed by atoms with E-state index < -0.39 is 0 Å². The molecule has 15 heavy (non-hydrogen) atoms. The van der Waals surface area contributed by atoms with Crippen LogP contribution >= 0.6 is 12.2 Å². The monoisotopic (exact) mass is 223 g/mol. The number of rotatable bonds is 4. The summed E-state index contributed by atoms with van der Waals surface area (Å²) in [6.45, 7) is 2.23. The van der Waals surface area contributed by atoms with Gasteiger partial charge in [-0.3, -0.25) is 5.43 Å². The van der Waals surface area contributed by atoms with Gasteiger partial charge in [-0.15, -0.1) is 0 Å². The van der Waals surface area contributed by atoms with Crippen LogP contribution in [0, 0.1) is 0 Å². The van der Waals surface area contributed by atoms with Crippen LogP contribution < -0.4 is 15.9 Å². The van der Waals surface area contributed by atoms with E-state index in [2.05, 4.69) is 22.7 Å². The van der Waals surface area contributed by atoms with Crippen molar-refractivity contribution in [3.05, 3.63) is 30.3 Å². The number of thiocarbonyl (C=S) groups is 1. The fourth-order valence-corrected chi connectivity index (χ4v) is 0.933. The Morgan fingerprint density at radius 2 is 2.13 bits per heavy atom. The predicted octanol–water partition coefficient (Wildman–Crippen LogP) is 1.27. The topological polar surface area (TPSA) is 59.6 Å². The van der Waals surface area contributed by atoms with E-state index in [1.54, 1.807) is 0 Å². The second kappa shape index (κ2) is 5.98. The van der Waals surface area contributed by atoms with Crippen molar-refractivity contribution < 1.29 is 4.74 Å². The Labute approximate surface area is 94.1 Å². The molecule has 0 aliphatic rings. The van der Waals surface area contributed by atoms with E-state index in [1.165, 1.54) is 0 Å². The molecule has 1 aromatic rings. The highest BCUT2D eigenvalue weighted by Crippen LogP contribution is 2.07. The Kier molecular flexibility index (Phi) is 4.56. The minimum atomic E-state index is 0.147. The standard InChI is InChI=1S/C10H13N3OS/c1-8(12-13-10(11)15)7-14-9-5-3-2-4-6-9/h2-6H,7H2,1H3,(H3,11,13,15)/b12-8+. The van der Waals surface area contributed by atoms with Gasteiger partial charge in [0.15, 0.2) is 5.11 Å². The Bertz CT molecular complexity index is 351. The Hall–Kier alpha value is -1.62. The van der Waals surface area contributed by atoms with E-state index in [4.69, 9.17) is 10.5 Å². The van der Waals surface area contributed by atoms with Gasteiger partial charge in [-0.1, -0.05) is 18.2 Å². The number of nitrogens with zero attached hydrogens (tertiary/aromatic N) is 1. The molecule has 0 amide bonds. The van der Waals surface area contributed by atoms with E-state index >= 15 is 0 Å². The minimum absolute atomic E-state index is 0.147. The third-order valence-electron chi connectivity index (χ3n) is 1.55. The lowest BCUT2D eigenvalue weighted by Gasteiger charge is -2.05. The van der Waals surface area contributed by atoms with Crippen LogP contribution in [-0.4, -0.2) is 17.4 Å². The third-order valence-corrected chi connectivity index (χ3v) is 1.64. The van der Waals surface area contributed by atoms with Crippen LogP contribution in [0.4, 0.5) is 0 Å². The molecule has 0 saturated carbocycles. The lowest BCUT2D eigenvalue weighted by molar-refractivity contribution is 0.375. The molecule has 0 heterocycles. The molecule has 5 heteroatoms. The molecule has 0 saturated heterocycles. The van der Waals surface area contributed by atoms with Gasteiger partial charge in [0.05, 0.1) is 5.71 Å². The Balaban J connectivity index is 2.37. The Morgan fingerprint density at radius 1 is 1.47 bits per heavy atom. The van der Waals surface area contributed by atoms with Gasteiger partial charge >= 0.3 is 0 Å². The summed E-state index contributed by atoms with van der Waals surface area (Å²) >= 11 is 4.61. The maximum absolute atomic E-state index is 5.45. The van der Waals surface area contributed by atoms with Crippen LogP contribution in [0.2, 0.25) is 0 Å². The number of nitrogens with one attached hydrogen (secondary N) is 1. The molecule has 0 atom stereocenters. The van der Waals surface area contributed by atoms with Crippen LogP contribution in [0.1, 0.15) is 6.92 Å². The van der Waals surface area contributed by atoms with Crippen molar-refractivity contribution in [2.24, 2.45) is 10.8 Å². The molecule has 0 aliphatic carbocycles. The van der Waals surface area contributed by atoms with Crippen LogP contribution in [0.15, 0.2) is 35.4 Å². The third kappa shape index (κ3) is 4.97. The summed E-state index contributed by atoms with van der Waals surface area (Å²) in [6, 6.07) is 9.52. The average molecular weight is 223 g/mol. The van der Waals surface area contributed by atoms with Crippen LogP contribution in [0.5, 0.6) is 5.75 Å². The van der Waals surface area contributed by atoms with E-state index in [-0.39, 0.29) is 5.11 Å². The second-order valence-corrected chi connectivity index (χ2v) is 3.36. The normalized spacial score (nSPS) is 10.9. The zero-order valence-electron chi connectivity index (χ0n) is 8.43. The van der Waals surface area contributed by atoms with Gasteiger partial charge in [0.2, 0.25) is 0 Å². The summed E-state index contributed by atoms with van der Waals surface area (Å²) in [5.41, 5.74) is 8.49. The highest BCUT2D eigenvalue weighted by Gasteiger charge is 1.94. The Morgan fingerprint density at radius 3 is 2.73 bits per heavy atom. The van der Waals surface area contributed by atoms with Crippen LogP contribution in [0.25, 0.3) is 0 Å². The van der Waals surface area contributed by atoms with Gasteiger partial charge in [-0.05, 0) is 31.3 Å². The smallest absolute Gasteiger partial charge is 0.184 e. The fourth-order valence-electron chi connectivity index (χ4n) is 0.887. The molecule has 0 unspecified atom stereocenters. The van der Waals surface area contributed by atoms with Gasteiger partial charge in [0.1, 0.15) is 12.4 Å². The molecule has 0 aliphatic heterocycles. The van der Waals surface area contributed by atoms with Crippen LogP contribution in [0.3, 0.4) is 0 Å². The largest absolute Gasteiger partial charge is 0.488 e. The number of ether oxygens (including phenoxy) is 1. The van der Waals surface area contributed by atoms with Crippen molar-refractivity contribution >= 4 is 23.0 Å². The van der Waals surface area contributed by atoms with Crippen molar-refractivity contribution in [2.45, 2.75) is 6.92 Å². The quantitative estimate of drug-likeness (QED) is 0.458. The maximum Gasteiger partial charge on any atom is 0.184 e. The predicted molar refractivity (Wildman–Crippen MR) is 65.0 cm³/mol. The number of hydrogen-bond acceptors (Lipinski definition) is 3. The lowest BCUT2D eigenvalue weighted by Crippen LogP contribution is -2.26. The highest BCUT2D eigenvalue weighted by atomic mass is 32.1. The zero-order chi connectivity index (χ0) is 11.1. The second-order valence-electron chi connectivity index (χ2n) is 2.92. The number of hydrogen-bond donors (Lipinski definition) is 2. The molecule has 1 rings (SSSR count). The van der Waals surface area contributed by atoms with Gasteiger partial charge in [0, 0.05) is 0 Å². The van der Waals surface area contributed by atoms with Crippen molar-refractivity contribution in [2.75, 3.05) is 6.61 Å². The summed E-state index contributed by atoms with van der Waals surface area (Å²) < 4.78 is 5.45. The molecule has 0 aromatic heterocycles. The zero-order valence-corrected chi connectivity index (χ0v) is 9.25. The van der Waals surface area contributed by atoms with Crippen molar-refractivity contribution in [3.8, 4) is 5.75 Å². The fraction of sp³-hybridized carbons (Fsp3) is 0.200. The summed E-state index contributed by atoms with van der Waals surface area (Å²) in [4.78, 5) is 0. The molecule has 80 valence electrons. The first-order valence-corrected chi connectivity index (χ1v) is 4.86. The van der Waals surface area contributed by atoms with Gasteiger partial charge in [-0.2, -0.15) is 5.10 Å². The molecule has 0 fully saturated rings. The van der Waals surface area contributed by atoms with Gasteiger partial charge in [0.25, 0.3) is 0 Å². The molecule has 0 spiro atoms.